The minimum atomic E-state index is -2.52. The number of aliphatic hydroxyl groups excluding tert-OH is 10. The number of ketones is 1. The quantitative estimate of drug-likeness (QED) is 0.0744. The molecule has 0 amide bonds. The van der Waals surface area contributed by atoms with E-state index in [1.807, 2.05) is 0 Å². The molecule has 2 fully saturated rings. The molecule has 18 heteroatoms. The maximum Gasteiger partial charge on any atom is 0.207 e. The molecule has 0 unspecified atom stereocenters. The lowest BCUT2D eigenvalue weighted by Gasteiger charge is -2.43. The Morgan fingerprint density at radius 2 is 1.29 bits per heavy atom. The monoisotopic (exact) mass is 639 g/mol. The summed E-state index contributed by atoms with van der Waals surface area (Å²) in [6.07, 6.45) is -23.0. The van der Waals surface area contributed by atoms with Crippen LogP contribution in [0.2, 0.25) is 0 Å². The Kier molecular flexibility index (Phi) is 16.0. The second-order valence-corrected chi connectivity index (χ2v) is 10.1. The number of Topliss-reactive ketones (excluding diaryl/α,β-unsaturated/α-hetero) is 1. The first-order valence-corrected chi connectivity index (χ1v) is 13.5. The molecule has 2 aliphatic heterocycles. The van der Waals surface area contributed by atoms with Gasteiger partial charge < -0.3 is 75.1 Å². The Bertz CT molecular complexity index is 810. The lowest BCUT2D eigenvalue weighted by molar-refractivity contribution is -0.333. The lowest BCUT2D eigenvalue weighted by atomic mass is 9.91. The van der Waals surface area contributed by atoms with E-state index < -0.39 is 111 Å². The van der Waals surface area contributed by atoms with Crippen molar-refractivity contribution in [3.8, 4) is 0 Å². The normalized spacial score (nSPS) is 37.4. The van der Waals surface area contributed by atoms with Crippen molar-refractivity contribution in [3.63, 3.8) is 0 Å². The number of hydrogen-bond acceptors (Lipinski definition) is 17. The third-order valence-electron chi connectivity index (χ3n) is 7.48. The van der Waals surface area contributed by atoms with Crippen molar-refractivity contribution >= 4 is 18.2 Å². The summed E-state index contributed by atoms with van der Waals surface area (Å²) >= 11 is 0. The van der Waals surface area contributed by atoms with Crippen LogP contribution in [0.4, 0.5) is 0 Å². The van der Waals surface area contributed by atoms with Crippen LogP contribution in [0.1, 0.15) is 27.2 Å². The minimum absolute atomic E-state index is 0. The van der Waals surface area contributed by atoms with Crippen LogP contribution in [0, 0.1) is 0 Å². The van der Waals surface area contributed by atoms with Gasteiger partial charge in [-0.3, -0.25) is 9.69 Å². The number of carbonyl (C=O) groups is 1. The van der Waals surface area contributed by atoms with Gasteiger partial charge >= 0.3 is 0 Å². The summed E-state index contributed by atoms with van der Waals surface area (Å²) < 4.78 is 21.2. The average molecular weight is 640 g/mol. The van der Waals surface area contributed by atoms with Gasteiger partial charge in [0.1, 0.15) is 67.1 Å². The number of halogens is 1. The van der Waals surface area contributed by atoms with Gasteiger partial charge in [-0.2, -0.15) is 0 Å². The fraction of sp³-hybridized carbons (Fsp3) is 0.958. The number of aliphatic hydroxyl groups is 11. The summed E-state index contributed by atoms with van der Waals surface area (Å²) in [6, 6.07) is 0. The van der Waals surface area contributed by atoms with Gasteiger partial charge in [-0.15, -0.1) is 12.4 Å². The molecule has 0 aromatic heterocycles. The molecule has 2 heterocycles. The molecule has 14 atom stereocenters. The highest BCUT2D eigenvalue weighted by Crippen LogP contribution is 2.27. The van der Waals surface area contributed by atoms with Gasteiger partial charge in [0.15, 0.2) is 18.4 Å². The van der Waals surface area contributed by atoms with E-state index in [2.05, 4.69) is 0 Å². The first-order valence-electron chi connectivity index (χ1n) is 13.5. The Labute approximate surface area is 248 Å². The SMILES string of the molecule is CCC(=O)[C@](O)([C@@H](O)[C@H](O)[C@H](O)CO[C@H]1O[C@H](CO[C@H]2O[C@H](CO)[C@@H](O)[C@H](O)[C@H]2O)[C@@H](O)[C@H](O)[C@H]1O)N(CC)CC.Cl. The second kappa shape index (κ2) is 17.1. The topological polar surface area (TPSA) is 280 Å². The number of hydrogen-bond donors (Lipinski definition) is 11. The van der Waals surface area contributed by atoms with Gasteiger partial charge in [-0.05, 0) is 13.1 Å². The Morgan fingerprint density at radius 3 is 1.76 bits per heavy atom. The lowest BCUT2D eigenvalue weighted by Crippen LogP contribution is -2.66. The van der Waals surface area contributed by atoms with E-state index in [-0.39, 0.29) is 31.9 Å². The number of rotatable bonds is 15. The third-order valence-corrected chi connectivity index (χ3v) is 7.48. The molecule has 11 N–H and O–H groups in total. The van der Waals surface area contributed by atoms with Crippen molar-refractivity contribution in [1.82, 2.24) is 4.90 Å². The summed E-state index contributed by atoms with van der Waals surface area (Å²) in [5, 5.41) is 113. The maximum absolute atomic E-state index is 12.5. The van der Waals surface area contributed by atoms with Crippen molar-refractivity contribution in [2.75, 3.05) is 32.9 Å². The smallest absolute Gasteiger partial charge is 0.207 e. The zero-order chi connectivity index (χ0) is 31.2. The van der Waals surface area contributed by atoms with Crippen LogP contribution in [-0.2, 0) is 23.7 Å². The summed E-state index contributed by atoms with van der Waals surface area (Å²) in [5.41, 5.74) is -2.52. The molecule has 0 aromatic carbocycles. The molecule has 42 heavy (non-hydrogen) atoms. The van der Waals surface area contributed by atoms with Crippen molar-refractivity contribution in [2.45, 2.75) is 113 Å². The summed E-state index contributed by atoms with van der Waals surface area (Å²) in [4.78, 5) is 13.7. The van der Waals surface area contributed by atoms with Crippen LogP contribution in [0.3, 0.4) is 0 Å². The molecule has 0 aromatic rings. The van der Waals surface area contributed by atoms with Crippen molar-refractivity contribution in [2.24, 2.45) is 0 Å². The molecule has 0 saturated carbocycles. The molecule has 250 valence electrons. The van der Waals surface area contributed by atoms with Crippen molar-refractivity contribution in [3.05, 3.63) is 0 Å². The van der Waals surface area contributed by atoms with E-state index >= 15 is 0 Å². The summed E-state index contributed by atoms with van der Waals surface area (Å²) in [6.45, 7) is 2.79. The Morgan fingerprint density at radius 1 is 0.810 bits per heavy atom. The number of likely N-dealkylation sites (N-methyl/N-ethyl adjacent to an activating group) is 1. The van der Waals surface area contributed by atoms with Crippen LogP contribution in [0.25, 0.3) is 0 Å². The standard InChI is InChI=1S/C24H45NO16.ClH/c1-4-13(28)24(37,25(5-2)6-3)21(36)14(29)10(27)8-38-22-20(35)18(33)16(31)12(41-22)9-39-23-19(34)17(32)15(30)11(7-26)40-23;/h10-12,14-23,26-27,29-37H,4-9H2,1-3H3;1H/t10-,11-,12-,14-,15-,16-,17+,18+,19-,20-,21+,22+,23+,24+;/m1./s1. The molecule has 2 rings (SSSR count). The molecular weight excluding hydrogens is 594 g/mol. The van der Waals surface area contributed by atoms with Gasteiger partial charge in [0.25, 0.3) is 0 Å². The predicted octanol–water partition coefficient (Wildman–Crippen LogP) is -5.86. The molecule has 2 aliphatic rings. The molecule has 0 spiro atoms. The van der Waals surface area contributed by atoms with Crippen LogP contribution in [-0.4, -0.2) is 185 Å². The summed E-state index contributed by atoms with van der Waals surface area (Å²) in [5.74, 6) is -0.800. The van der Waals surface area contributed by atoms with Crippen LogP contribution < -0.4 is 0 Å². The molecular formula is C24H46ClNO16. The zero-order valence-electron chi connectivity index (χ0n) is 23.6. The van der Waals surface area contributed by atoms with E-state index in [9.17, 15) is 61.0 Å². The minimum Gasteiger partial charge on any atom is -0.394 e. The molecule has 0 radical (unpaired) electrons. The molecule has 17 nitrogen and oxygen atoms in total. The number of ether oxygens (including phenoxy) is 4. The van der Waals surface area contributed by atoms with E-state index in [0.717, 1.165) is 0 Å². The number of nitrogens with zero attached hydrogens (tertiary/aromatic N) is 1. The molecule has 0 bridgehead atoms. The zero-order valence-corrected chi connectivity index (χ0v) is 24.4. The highest BCUT2D eigenvalue weighted by molar-refractivity contribution is 5.87. The van der Waals surface area contributed by atoms with Gasteiger partial charge in [0.05, 0.1) is 19.8 Å². The van der Waals surface area contributed by atoms with Gasteiger partial charge in [-0.25, -0.2) is 0 Å². The van der Waals surface area contributed by atoms with E-state index in [1.54, 1.807) is 13.8 Å². The fourth-order valence-corrected chi connectivity index (χ4v) is 4.82. The molecule has 2 saturated heterocycles. The highest BCUT2D eigenvalue weighted by atomic mass is 35.5. The van der Waals surface area contributed by atoms with Crippen molar-refractivity contribution in [1.29, 1.82) is 0 Å². The van der Waals surface area contributed by atoms with Gasteiger partial charge in [-0.1, -0.05) is 20.8 Å². The predicted molar refractivity (Wildman–Crippen MR) is 141 cm³/mol. The average Bonchev–Trinajstić information content (AvgIpc) is 2.97. The Balaban J connectivity index is 0.00000882. The van der Waals surface area contributed by atoms with E-state index in [4.69, 9.17) is 18.9 Å². The summed E-state index contributed by atoms with van der Waals surface area (Å²) in [7, 11) is 0. The third kappa shape index (κ3) is 8.32. The molecule has 0 aliphatic carbocycles. The highest BCUT2D eigenvalue weighted by Gasteiger charge is 2.51. The first kappa shape index (κ1) is 39.3. The van der Waals surface area contributed by atoms with Crippen molar-refractivity contribution < 1.29 is 79.9 Å². The van der Waals surface area contributed by atoms with Crippen LogP contribution >= 0.6 is 12.4 Å². The van der Waals surface area contributed by atoms with Gasteiger partial charge in [0, 0.05) is 6.42 Å². The van der Waals surface area contributed by atoms with Crippen LogP contribution in [0.5, 0.6) is 0 Å². The second-order valence-electron chi connectivity index (χ2n) is 10.1. The fourth-order valence-electron chi connectivity index (χ4n) is 4.82. The van der Waals surface area contributed by atoms with Gasteiger partial charge in [0.2, 0.25) is 5.72 Å². The van der Waals surface area contributed by atoms with E-state index in [0.29, 0.717) is 0 Å². The maximum atomic E-state index is 12.5. The van der Waals surface area contributed by atoms with E-state index in [1.165, 1.54) is 11.8 Å². The van der Waals surface area contributed by atoms with Crippen LogP contribution in [0.15, 0.2) is 0 Å². The number of carbonyl (C=O) groups excluding carboxylic acids is 1. The first-order chi connectivity index (χ1) is 19.2. The largest absolute Gasteiger partial charge is 0.394 e. The Hall–Kier alpha value is -0.680.